The molecule has 2 nitrogen and oxygen atoms in total. The highest BCUT2D eigenvalue weighted by Gasteiger charge is 2.31. The van der Waals surface area contributed by atoms with Crippen LogP contribution < -0.4 is 0 Å². The number of rotatable bonds is 5. The molecule has 2 unspecified atom stereocenters. The maximum absolute atomic E-state index is 10.6. The molecule has 0 amide bonds. The van der Waals surface area contributed by atoms with Crippen molar-refractivity contribution in [3.8, 4) is 0 Å². The van der Waals surface area contributed by atoms with Crippen molar-refractivity contribution in [1.29, 1.82) is 0 Å². The molecule has 0 heterocycles. The molecule has 1 aliphatic carbocycles. The summed E-state index contributed by atoms with van der Waals surface area (Å²) in [5.74, 6) is 0.752. The first-order valence-electron chi connectivity index (χ1n) is 6.76. The number of carboxylic acids is 1. The minimum atomic E-state index is -0.675. The molecule has 17 heavy (non-hydrogen) atoms. The SMILES string of the molecule is CC1=CC(C(C)C)CCC1(C)CCCC(=O)O. The monoisotopic (exact) mass is 238 g/mol. The van der Waals surface area contributed by atoms with Gasteiger partial charge < -0.3 is 5.11 Å². The van der Waals surface area contributed by atoms with Gasteiger partial charge >= 0.3 is 5.97 Å². The fourth-order valence-electron chi connectivity index (χ4n) is 2.77. The molecular weight excluding hydrogens is 212 g/mol. The third-order valence-electron chi connectivity index (χ3n) is 4.42. The highest BCUT2D eigenvalue weighted by atomic mass is 16.4. The van der Waals surface area contributed by atoms with Gasteiger partial charge in [0.05, 0.1) is 0 Å². The van der Waals surface area contributed by atoms with E-state index < -0.39 is 5.97 Å². The fourth-order valence-corrected chi connectivity index (χ4v) is 2.77. The number of allylic oxidation sites excluding steroid dienone is 2. The molecule has 0 aliphatic heterocycles. The summed E-state index contributed by atoms with van der Waals surface area (Å²) in [4.78, 5) is 10.6. The summed E-state index contributed by atoms with van der Waals surface area (Å²) in [6, 6.07) is 0. The van der Waals surface area contributed by atoms with Gasteiger partial charge in [-0.1, -0.05) is 32.4 Å². The lowest BCUT2D eigenvalue weighted by Crippen LogP contribution is -2.26. The van der Waals surface area contributed by atoms with Crippen molar-refractivity contribution in [3.63, 3.8) is 0 Å². The van der Waals surface area contributed by atoms with Gasteiger partial charge in [0.2, 0.25) is 0 Å². The molecule has 0 aromatic carbocycles. The topological polar surface area (TPSA) is 37.3 Å². The first kappa shape index (κ1) is 14.3. The molecule has 2 atom stereocenters. The molecule has 2 heteroatoms. The summed E-state index contributed by atoms with van der Waals surface area (Å²) < 4.78 is 0. The van der Waals surface area contributed by atoms with Crippen LogP contribution in [0.4, 0.5) is 0 Å². The van der Waals surface area contributed by atoms with Crippen molar-refractivity contribution < 1.29 is 9.90 Å². The van der Waals surface area contributed by atoms with E-state index in [2.05, 4.69) is 33.8 Å². The number of hydrogen-bond acceptors (Lipinski definition) is 1. The van der Waals surface area contributed by atoms with Crippen molar-refractivity contribution in [2.45, 2.75) is 59.8 Å². The van der Waals surface area contributed by atoms with E-state index in [-0.39, 0.29) is 5.41 Å². The molecular formula is C15H26O2. The second-order valence-electron chi connectivity index (χ2n) is 6.10. The van der Waals surface area contributed by atoms with Gasteiger partial charge in [0.1, 0.15) is 0 Å². The predicted octanol–water partition coefficient (Wildman–Crippen LogP) is 4.26. The van der Waals surface area contributed by atoms with Gasteiger partial charge in [0.25, 0.3) is 0 Å². The molecule has 0 radical (unpaired) electrons. The van der Waals surface area contributed by atoms with Crippen LogP contribution in [0.15, 0.2) is 11.6 Å². The molecule has 0 aromatic heterocycles. The fraction of sp³-hybridized carbons (Fsp3) is 0.800. The van der Waals surface area contributed by atoms with Gasteiger partial charge in [-0.25, -0.2) is 0 Å². The van der Waals surface area contributed by atoms with E-state index in [0.717, 1.165) is 12.8 Å². The molecule has 0 fully saturated rings. The Morgan fingerprint density at radius 3 is 2.71 bits per heavy atom. The van der Waals surface area contributed by atoms with Crippen LogP contribution in [0.25, 0.3) is 0 Å². The largest absolute Gasteiger partial charge is 0.481 e. The maximum Gasteiger partial charge on any atom is 0.303 e. The summed E-state index contributed by atoms with van der Waals surface area (Å²) in [5, 5.41) is 8.69. The van der Waals surface area contributed by atoms with Crippen LogP contribution in [-0.4, -0.2) is 11.1 Å². The van der Waals surface area contributed by atoms with Crippen molar-refractivity contribution in [1.82, 2.24) is 0 Å². The summed E-state index contributed by atoms with van der Waals surface area (Å²) in [6.07, 6.45) is 6.98. The lowest BCUT2D eigenvalue weighted by Gasteiger charge is -2.38. The Balaban J connectivity index is 2.59. The highest BCUT2D eigenvalue weighted by Crippen LogP contribution is 2.44. The van der Waals surface area contributed by atoms with Crippen LogP contribution >= 0.6 is 0 Å². The molecule has 0 spiro atoms. The van der Waals surface area contributed by atoms with Crippen molar-refractivity contribution >= 4 is 5.97 Å². The van der Waals surface area contributed by atoms with E-state index in [1.54, 1.807) is 0 Å². The molecule has 0 saturated heterocycles. The van der Waals surface area contributed by atoms with E-state index in [9.17, 15) is 4.79 Å². The number of carbonyl (C=O) groups is 1. The first-order valence-corrected chi connectivity index (χ1v) is 6.76. The van der Waals surface area contributed by atoms with Crippen LogP contribution in [0.2, 0.25) is 0 Å². The maximum atomic E-state index is 10.6. The standard InChI is InChI=1S/C15H26O2/c1-11(2)13-7-9-15(4,12(3)10-13)8-5-6-14(16)17/h10-11,13H,5-9H2,1-4H3,(H,16,17). The van der Waals surface area contributed by atoms with Crippen LogP contribution in [0, 0.1) is 17.3 Å². The minimum absolute atomic E-state index is 0.237. The van der Waals surface area contributed by atoms with Gasteiger partial charge in [0.15, 0.2) is 0 Å². The van der Waals surface area contributed by atoms with Gasteiger partial charge in [-0.2, -0.15) is 0 Å². The normalized spacial score (nSPS) is 29.2. The van der Waals surface area contributed by atoms with Crippen LogP contribution in [-0.2, 0) is 4.79 Å². The molecule has 98 valence electrons. The average molecular weight is 238 g/mol. The highest BCUT2D eigenvalue weighted by molar-refractivity contribution is 5.66. The smallest absolute Gasteiger partial charge is 0.303 e. The van der Waals surface area contributed by atoms with Crippen LogP contribution in [0.3, 0.4) is 0 Å². The lowest BCUT2D eigenvalue weighted by atomic mass is 9.67. The Bertz CT molecular complexity index is 304. The Kier molecular flexibility index (Phi) is 4.79. The number of carboxylic acid groups (broad SMARTS) is 1. The quantitative estimate of drug-likeness (QED) is 0.727. The Hall–Kier alpha value is -0.790. The zero-order chi connectivity index (χ0) is 13.1. The second kappa shape index (κ2) is 5.70. The van der Waals surface area contributed by atoms with Gasteiger partial charge in [-0.05, 0) is 49.9 Å². The third-order valence-corrected chi connectivity index (χ3v) is 4.42. The second-order valence-corrected chi connectivity index (χ2v) is 6.10. The van der Waals surface area contributed by atoms with Crippen LogP contribution in [0.5, 0.6) is 0 Å². The summed E-state index contributed by atoms with van der Waals surface area (Å²) in [5.41, 5.74) is 1.70. The molecule has 1 rings (SSSR count). The molecule has 0 bridgehead atoms. The Morgan fingerprint density at radius 1 is 1.59 bits per heavy atom. The zero-order valence-electron chi connectivity index (χ0n) is 11.6. The van der Waals surface area contributed by atoms with Gasteiger partial charge in [-0.3, -0.25) is 4.79 Å². The minimum Gasteiger partial charge on any atom is -0.481 e. The van der Waals surface area contributed by atoms with E-state index in [0.29, 0.717) is 18.3 Å². The summed E-state index contributed by atoms with van der Waals surface area (Å²) in [6.45, 7) is 9.07. The summed E-state index contributed by atoms with van der Waals surface area (Å²) in [7, 11) is 0. The lowest BCUT2D eigenvalue weighted by molar-refractivity contribution is -0.137. The Labute approximate surface area is 105 Å². The Morgan fingerprint density at radius 2 is 2.24 bits per heavy atom. The molecule has 1 aliphatic rings. The third kappa shape index (κ3) is 3.86. The average Bonchev–Trinajstić information content (AvgIpc) is 2.21. The first-order chi connectivity index (χ1) is 7.85. The number of aliphatic carboxylic acids is 1. The van der Waals surface area contributed by atoms with Crippen molar-refractivity contribution in [2.75, 3.05) is 0 Å². The summed E-state index contributed by atoms with van der Waals surface area (Å²) >= 11 is 0. The molecule has 1 N–H and O–H groups in total. The molecule has 0 saturated carbocycles. The van der Waals surface area contributed by atoms with Crippen molar-refractivity contribution in [2.24, 2.45) is 17.3 Å². The van der Waals surface area contributed by atoms with Gasteiger partial charge in [-0.15, -0.1) is 0 Å². The van der Waals surface area contributed by atoms with E-state index in [4.69, 9.17) is 5.11 Å². The number of hydrogen-bond donors (Lipinski definition) is 1. The molecule has 0 aromatic rings. The predicted molar refractivity (Wildman–Crippen MR) is 70.9 cm³/mol. The van der Waals surface area contributed by atoms with Crippen molar-refractivity contribution in [3.05, 3.63) is 11.6 Å². The van der Waals surface area contributed by atoms with E-state index >= 15 is 0 Å². The van der Waals surface area contributed by atoms with Gasteiger partial charge in [0, 0.05) is 6.42 Å². The zero-order valence-corrected chi connectivity index (χ0v) is 11.6. The van der Waals surface area contributed by atoms with E-state index in [1.165, 1.54) is 18.4 Å². The van der Waals surface area contributed by atoms with Crippen LogP contribution in [0.1, 0.15) is 59.8 Å². The van der Waals surface area contributed by atoms with E-state index in [1.807, 2.05) is 0 Å².